The summed E-state index contributed by atoms with van der Waals surface area (Å²) in [6, 6.07) is 7.65. The molecule has 0 amide bonds. The van der Waals surface area contributed by atoms with E-state index in [4.69, 9.17) is 19.9 Å². The number of hydrogen-bond acceptors (Lipinski definition) is 4. The number of para-hydroxylation sites is 2. The Kier molecular flexibility index (Phi) is 4.45. The van der Waals surface area contributed by atoms with Gasteiger partial charge in [0.2, 0.25) is 0 Å². The molecule has 0 spiro atoms. The minimum Gasteiger partial charge on any atom is -0.486 e. The van der Waals surface area contributed by atoms with Crippen LogP contribution in [0, 0.1) is 0 Å². The average Bonchev–Trinajstić information content (AvgIpc) is 3.04. The lowest BCUT2D eigenvalue weighted by molar-refractivity contribution is 0.0936. The molecule has 0 bridgehead atoms. The summed E-state index contributed by atoms with van der Waals surface area (Å²) in [6.45, 7) is 2.52. The Labute approximate surface area is 124 Å². The summed E-state index contributed by atoms with van der Waals surface area (Å²) in [6.07, 6.45) is 2.32. The molecular formula is C15H21N3O3. The van der Waals surface area contributed by atoms with E-state index in [1.165, 1.54) is 0 Å². The first-order chi connectivity index (χ1) is 10.3. The fourth-order valence-electron chi connectivity index (χ4n) is 2.43. The summed E-state index contributed by atoms with van der Waals surface area (Å²) in [7, 11) is 0. The van der Waals surface area contributed by atoms with E-state index in [0.29, 0.717) is 25.7 Å². The van der Waals surface area contributed by atoms with Gasteiger partial charge in [-0.2, -0.15) is 0 Å². The van der Waals surface area contributed by atoms with Gasteiger partial charge in [-0.3, -0.25) is 4.99 Å². The van der Waals surface area contributed by atoms with E-state index in [1.807, 2.05) is 24.3 Å². The summed E-state index contributed by atoms with van der Waals surface area (Å²) < 4.78 is 17.0. The fraction of sp³-hybridized carbons (Fsp3) is 0.533. The van der Waals surface area contributed by atoms with Crippen LogP contribution in [0.25, 0.3) is 0 Å². The first-order valence-corrected chi connectivity index (χ1v) is 7.35. The first-order valence-electron chi connectivity index (χ1n) is 7.35. The number of aliphatic imine (C=N–C) groups is 1. The monoisotopic (exact) mass is 291 g/mol. The highest BCUT2D eigenvalue weighted by atomic mass is 16.6. The number of rotatable bonds is 4. The van der Waals surface area contributed by atoms with E-state index in [0.717, 1.165) is 30.9 Å². The maximum absolute atomic E-state index is 5.85. The molecule has 6 nitrogen and oxygen atoms in total. The predicted molar refractivity (Wildman–Crippen MR) is 79.8 cm³/mol. The van der Waals surface area contributed by atoms with Crippen molar-refractivity contribution in [1.29, 1.82) is 0 Å². The van der Waals surface area contributed by atoms with Gasteiger partial charge >= 0.3 is 0 Å². The number of guanidine groups is 1. The zero-order valence-electron chi connectivity index (χ0n) is 12.0. The average molecular weight is 291 g/mol. The van der Waals surface area contributed by atoms with Crippen LogP contribution in [-0.4, -0.2) is 44.5 Å². The largest absolute Gasteiger partial charge is 0.486 e. The van der Waals surface area contributed by atoms with Crippen molar-refractivity contribution in [3.8, 4) is 11.5 Å². The molecule has 0 radical (unpaired) electrons. The molecule has 0 aliphatic carbocycles. The topological polar surface area (TPSA) is 78.1 Å². The number of nitrogens with two attached hydrogens (primary N) is 1. The van der Waals surface area contributed by atoms with E-state index in [9.17, 15) is 0 Å². The van der Waals surface area contributed by atoms with Crippen molar-refractivity contribution in [2.24, 2.45) is 10.7 Å². The second-order valence-corrected chi connectivity index (χ2v) is 5.24. The van der Waals surface area contributed by atoms with Gasteiger partial charge in [-0.1, -0.05) is 12.1 Å². The van der Waals surface area contributed by atoms with Crippen LogP contribution < -0.4 is 20.5 Å². The third kappa shape index (κ3) is 3.78. The highest BCUT2D eigenvalue weighted by Crippen LogP contribution is 2.30. The summed E-state index contributed by atoms with van der Waals surface area (Å²) in [4.78, 5) is 4.30. The van der Waals surface area contributed by atoms with Crippen molar-refractivity contribution in [3.05, 3.63) is 24.3 Å². The van der Waals surface area contributed by atoms with E-state index in [-0.39, 0.29) is 12.2 Å². The van der Waals surface area contributed by atoms with E-state index in [2.05, 4.69) is 10.3 Å². The molecule has 2 atom stereocenters. The highest BCUT2D eigenvalue weighted by Gasteiger charge is 2.20. The number of ether oxygens (including phenoxy) is 3. The minimum atomic E-state index is -0.0728. The molecule has 21 heavy (non-hydrogen) atoms. The van der Waals surface area contributed by atoms with Crippen LogP contribution in [-0.2, 0) is 4.74 Å². The molecule has 2 heterocycles. The van der Waals surface area contributed by atoms with Gasteiger partial charge in [0, 0.05) is 6.61 Å². The van der Waals surface area contributed by atoms with Crippen LogP contribution in [0.4, 0.5) is 0 Å². The zero-order chi connectivity index (χ0) is 14.5. The van der Waals surface area contributed by atoms with Crippen LogP contribution in [0.1, 0.15) is 12.8 Å². The third-order valence-electron chi connectivity index (χ3n) is 3.57. The molecule has 0 aromatic heterocycles. The first kappa shape index (κ1) is 14.0. The lowest BCUT2D eigenvalue weighted by Gasteiger charge is -2.26. The Balaban J connectivity index is 1.44. The quantitative estimate of drug-likeness (QED) is 0.637. The SMILES string of the molecule is NC(=NC[C@@H]1CCCO1)NC[C@@H]1COc2ccccc2O1. The van der Waals surface area contributed by atoms with Gasteiger partial charge in [0.1, 0.15) is 12.7 Å². The van der Waals surface area contributed by atoms with Crippen molar-refractivity contribution in [3.63, 3.8) is 0 Å². The van der Waals surface area contributed by atoms with Crippen LogP contribution in [0.2, 0.25) is 0 Å². The van der Waals surface area contributed by atoms with Crippen molar-refractivity contribution in [1.82, 2.24) is 5.32 Å². The van der Waals surface area contributed by atoms with Crippen LogP contribution in [0.5, 0.6) is 11.5 Å². The van der Waals surface area contributed by atoms with Crippen molar-refractivity contribution >= 4 is 5.96 Å². The fourth-order valence-corrected chi connectivity index (χ4v) is 2.43. The number of hydrogen-bond donors (Lipinski definition) is 2. The number of benzene rings is 1. The smallest absolute Gasteiger partial charge is 0.188 e. The molecule has 1 fully saturated rings. The zero-order valence-corrected chi connectivity index (χ0v) is 12.0. The molecule has 2 aliphatic rings. The molecule has 0 saturated carbocycles. The number of nitrogens with one attached hydrogen (secondary N) is 1. The molecular weight excluding hydrogens is 270 g/mol. The molecule has 1 aromatic rings. The number of nitrogens with zero attached hydrogens (tertiary/aromatic N) is 1. The minimum absolute atomic E-state index is 0.0728. The molecule has 3 N–H and O–H groups in total. The predicted octanol–water partition coefficient (Wildman–Crippen LogP) is 0.910. The Morgan fingerprint density at radius 1 is 1.29 bits per heavy atom. The molecule has 6 heteroatoms. The normalized spacial score (nSPS) is 24.9. The Bertz CT molecular complexity index is 501. The van der Waals surface area contributed by atoms with Crippen LogP contribution >= 0.6 is 0 Å². The van der Waals surface area contributed by atoms with Crippen molar-refractivity contribution in [2.45, 2.75) is 25.0 Å². The molecule has 0 unspecified atom stereocenters. The second-order valence-electron chi connectivity index (χ2n) is 5.24. The Morgan fingerprint density at radius 3 is 2.95 bits per heavy atom. The van der Waals surface area contributed by atoms with Crippen LogP contribution in [0.15, 0.2) is 29.3 Å². The lowest BCUT2D eigenvalue weighted by Crippen LogP contribution is -2.43. The van der Waals surface area contributed by atoms with Crippen molar-refractivity contribution in [2.75, 3.05) is 26.3 Å². The van der Waals surface area contributed by atoms with Gasteiger partial charge in [-0.25, -0.2) is 0 Å². The lowest BCUT2D eigenvalue weighted by atomic mass is 10.2. The van der Waals surface area contributed by atoms with Crippen LogP contribution in [0.3, 0.4) is 0 Å². The van der Waals surface area contributed by atoms with Gasteiger partial charge in [-0.15, -0.1) is 0 Å². The van der Waals surface area contributed by atoms with E-state index >= 15 is 0 Å². The molecule has 2 aliphatic heterocycles. The summed E-state index contributed by atoms with van der Waals surface area (Å²) >= 11 is 0. The van der Waals surface area contributed by atoms with Gasteiger partial charge < -0.3 is 25.3 Å². The number of fused-ring (bicyclic) bond motifs is 1. The molecule has 1 saturated heterocycles. The highest BCUT2D eigenvalue weighted by molar-refractivity contribution is 5.77. The molecule has 1 aromatic carbocycles. The summed E-state index contributed by atoms with van der Waals surface area (Å²) in [5, 5.41) is 3.07. The van der Waals surface area contributed by atoms with Gasteiger partial charge in [-0.05, 0) is 25.0 Å². The van der Waals surface area contributed by atoms with E-state index in [1.54, 1.807) is 0 Å². The Morgan fingerprint density at radius 2 is 2.14 bits per heavy atom. The van der Waals surface area contributed by atoms with Gasteiger partial charge in [0.25, 0.3) is 0 Å². The maximum atomic E-state index is 5.85. The third-order valence-corrected chi connectivity index (χ3v) is 3.57. The van der Waals surface area contributed by atoms with Gasteiger partial charge in [0.05, 0.1) is 19.2 Å². The second kappa shape index (κ2) is 6.67. The molecule has 3 rings (SSSR count). The Hall–Kier alpha value is -1.95. The maximum Gasteiger partial charge on any atom is 0.188 e. The van der Waals surface area contributed by atoms with E-state index < -0.39 is 0 Å². The summed E-state index contributed by atoms with van der Waals surface area (Å²) in [5.41, 5.74) is 5.85. The van der Waals surface area contributed by atoms with Gasteiger partial charge in [0.15, 0.2) is 17.5 Å². The summed E-state index contributed by atoms with van der Waals surface area (Å²) in [5.74, 6) is 1.98. The molecule has 114 valence electrons. The van der Waals surface area contributed by atoms with Crippen molar-refractivity contribution < 1.29 is 14.2 Å². The standard InChI is InChI=1S/C15H21N3O3/c16-15(17-8-11-4-3-7-19-11)18-9-12-10-20-13-5-1-2-6-14(13)21-12/h1-2,5-6,11-12H,3-4,7-10H2,(H3,16,17,18)/t11-,12+/m0/s1.